The number of aliphatic hydroxyl groups is 1. The van der Waals surface area contributed by atoms with E-state index in [9.17, 15) is 4.79 Å². The third-order valence-electron chi connectivity index (χ3n) is 0.779. The molecule has 7 heteroatoms. The molecule has 0 saturated carbocycles. The van der Waals surface area contributed by atoms with E-state index < -0.39 is 20.7 Å². The molecule has 0 spiro atoms. The Morgan fingerprint density at radius 2 is 1.67 bits per heavy atom. The van der Waals surface area contributed by atoms with Crippen LogP contribution in [0.4, 0.5) is 0 Å². The Morgan fingerprint density at radius 1 is 1.42 bits per heavy atom. The Bertz CT molecular complexity index is 151. The molecule has 0 aliphatic heterocycles. The van der Waals surface area contributed by atoms with Gasteiger partial charge in [0.05, 0.1) is 11.7 Å². The first-order chi connectivity index (χ1) is 5.29. The fraction of sp³-hybridized carbons (Fsp3) is 0.400. The van der Waals surface area contributed by atoms with E-state index in [1.807, 2.05) is 0 Å². The van der Waals surface area contributed by atoms with Gasteiger partial charge in [0.2, 0.25) is 0 Å². The first-order valence-electron chi connectivity index (χ1n) is 2.76. The molecule has 12 heavy (non-hydrogen) atoms. The lowest BCUT2D eigenvalue weighted by Gasteiger charge is -1.99. The Hall–Kier alpha value is -0.520. The number of aliphatic carboxylic acids is 1. The molecule has 0 saturated heterocycles. The third kappa shape index (κ3) is 12.2. The van der Waals surface area contributed by atoms with Crippen LogP contribution in [0.3, 0.4) is 0 Å². The summed E-state index contributed by atoms with van der Waals surface area (Å²) < 4.78 is 0. The quantitative estimate of drug-likeness (QED) is 0.293. The molecule has 0 aromatic rings. The van der Waals surface area contributed by atoms with Gasteiger partial charge in [0.15, 0.2) is 0 Å². The van der Waals surface area contributed by atoms with E-state index in [1.165, 1.54) is 6.92 Å². The van der Waals surface area contributed by atoms with Gasteiger partial charge in [-0.15, -0.1) is 0 Å². The van der Waals surface area contributed by atoms with Crippen molar-refractivity contribution in [3.05, 3.63) is 12.2 Å². The van der Waals surface area contributed by atoms with Crippen molar-refractivity contribution in [2.45, 2.75) is 13.0 Å². The smallest absolute Gasteiger partial charge is 0.333 e. The summed E-state index contributed by atoms with van der Waals surface area (Å²) in [6, 6.07) is 0. The molecule has 0 heterocycles. The maximum Gasteiger partial charge on any atom is 0.333 e. The standard InChI is InChI=1S/C5H8O3.H3O3P/c1-3(4(2)6)5(7)8;1-4(2)3/h4,6H,1H2,2H3,(H,7,8);1-3H. The monoisotopic (exact) mass is 198 g/mol. The zero-order valence-electron chi connectivity index (χ0n) is 6.38. The van der Waals surface area contributed by atoms with Crippen molar-refractivity contribution < 1.29 is 29.7 Å². The van der Waals surface area contributed by atoms with Gasteiger partial charge in [0.1, 0.15) is 0 Å². The highest BCUT2D eigenvalue weighted by Crippen LogP contribution is 2.11. The van der Waals surface area contributed by atoms with Crippen LogP contribution in [0.1, 0.15) is 6.92 Å². The molecule has 0 rings (SSSR count). The molecular formula is C5H11O6P. The predicted molar refractivity (Wildman–Crippen MR) is 42.0 cm³/mol. The molecule has 72 valence electrons. The first kappa shape index (κ1) is 14.0. The Balaban J connectivity index is 0. The Kier molecular flexibility index (Phi) is 8.36. The average Bonchev–Trinajstić information content (AvgIpc) is 1.84. The molecule has 1 unspecified atom stereocenters. The highest BCUT2D eigenvalue weighted by molar-refractivity contribution is 7.38. The lowest BCUT2D eigenvalue weighted by Crippen LogP contribution is -2.11. The lowest BCUT2D eigenvalue weighted by atomic mass is 10.2. The lowest BCUT2D eigenvalue weighted by molar-refractivity contribution is -0.133. The molecule has 0 aliphatic rings. The summed E-state index contributed by atoms with van der Waals surface area (Å²) in [6.45, 7) is 4.46. The van der Waals surface area contributed by atoms with Crippen molar-refractivity contribution in [1.82, 2.24) is 0 Å². The highest BCUT2D eigenvalue weighted by Gasteiger charge is 2.08. The van der Waals surface area contributed by atoms with Crippen molar-refractivity contribution in [2.75, 3.05) is 0 Å². The summed E-state index contributed by atoms with van der Waals surface area (Å²) in [6.07, 6.45) is -0.951. The molecule has 5 N–H and O–H groups in total. The van der Waals surface area contributed by atoms with Crippen molar-refractivity contribution >= 4 is 14.6 Å². The molecular weight excluding hydrogens is 187 g/mol. The van der Waals surface area contributed by atoms with E-state index in [2.05, 4.69) is 6.58 Å². The highest BCUT2D eigenvalue weighted by atomic mass is 31.2. The topological polar surface area (TPSA) is 118 Å². The van der Waals surface area contributed by atoms with Crippen LogP contribution in [0.25, 0.3) is 0 Å². The second kappa shape index (κ2) is 7.15. The summed E-state index contributed by atoms with van der Waals surface area (Å²) in [5, 5.41) is 16.6. The molecule has 6 nitrogen and oxygen atoms in total. The minimum atomic E-state index is -2.62. The summed E-state index contributed by atoms with van der Waals surface area (Å²) in [5.41, 5.74) is -0.176. The number of hydrogen-bond acceptors (Lipinski definition) is 5. The van der Waals surface area contributed by atoms with Crippen LogP contribution < -0.4 is 0 Å². The van der Waals surface area contributed by atoms with Crippen molar-refractivity contribution in [3.8, 4) is 0 Å². The first-order valence-corrected chi connectivity index (χ1v) is 3.96. The average molecular weight is 198 g/mol. The second-order valence-corrected chi connectivity index (χ2v) is 2.31. The third-order valence-corrected chi connectivity index (χ3v) is 0.779. The van der Waals surface area contributed by atoms with E-state index in [4.69, 9.17) is 24.9 Å². The van der Waals surface area contributed by atoms with Crippen LogP contribution in [0.2, 0.25) is 0 Å². The van der Waals surface area contributed by atoms with Gasteiger partial charge in [-0.3, -0.25) is 0 Å². The van der Waals surface area contributed by atoms with Crippen LogP contribution in [0.5, 0.6) is 0 Å². The predicted octanol–water partition coefficient (Wildman–Crippen LogP) is -0.802. The molecule has 0 aromatic heterocycles. The number of carboxylic acid groups (broad SMARTS) is 1. The molecule has 0 aliphatic carbocycles. The summed E-state index contributed by atoms with van der Waals surface area (Å²) in [4.78, 5) is 31.6. The SMILES string of the molecule is C=C(C(=O)O)C(C)O.OP(O)O. The van der Waals surface area contributed by atoms with E-state index in [0.29, 0.717) is 0 Å². The van der Waals surface area contributed by atoms with Gasteiger partial charge in [-0.2, -0.15) is 0 Å². The minimum Gasteiger partial charge on any atom is -0.478 e. The number of carbonyl (C=O) groups is 1. The van der Waals surface area contributed by atoms with Crippen LogP contribution in [-0.4, -0.2) is 37.0 Å². The number of rotatable bonds is 2. The van der Waals surface area contributed by atoms with Gasteiger partial charge in [-0.25, -0.2) is 4.79 Å². The van der Waals surface area contributed by atoms with Crippen LogP contribution in [0, 0.1) is 0 Å². The minimum absolute atomic E-state index is 0.176. The molecule has 0 radical (unpaired) electrons. The summed E-state index contributed by atoms with van der Waals surface area (Å²) in [5.74, 6) is -1.15. The van der Waals surface area contributed by atoms with E-state index in [1.54, 1.807) is 0 Å². The zero-order valence-corrected chi connectivity index (χ0v) is 7.27. The maximum absolute atomic E-state index is 9.88. The van der Waals surface area contributed by atoms with Gasteiger partial charge in [0, 0.05) is 0 Å². The van der Waals surface area contributed by atoms with Gasteiger partial charge in [0.25, 0.3) is 0 Å². The maximum atomic E-state index is 9.88. The molecule has 0 aromatic carbocycles. The van der Waals surface area contributed by atoms with Gasteiger partial charge in [-0.1, -0.05) is 6.58 Å². The number of aliphatic hydroxyl groups excluding tert-OH is 1. The summed E-state index contributed by atoms with van der Waals surface area (Å²) in [7, 11) is -2.62. The summed E-state index contributed by atoms with van der Waals surface area (Å²) >= 11 is 0. The van der Waals surface area contributed by atoms with E-state index in [0.717, 1.165) is 0 Å². The van der Waals surface area contributed by atoms with Gasteiger partial charge in [-0.05, 0) is 6.92 Å². The van der Waals surface area contributed by atoms with Crippen molar-refractivity contribution in [1.29, 1.82) is 0 Å². The molecule has 1 atom stereocenters. The Morgan fingerprint density at radius 3 is 1.67 bits per heavy atom. The van der Waals surface area contributed by atoms with Crippen LogP contribution >= 0.6 is 8.60 Å². The van der Waals surface area contributed by atoms with E-state index in [-0.39, 0.29) is 5.57 Å². The zero-order chi connectivity index (χ0) is 10.3. The number of hydrogen-bond donors (Lipinski definition) is 5. The second-order valence-electron chi connectivity index (χ2n) is 1.77. The van der Waals surface area contributed by atoms with Crippen LogP contribution in [0.15, 0.2) is 12.2 Å². The molecule has 0 fully saturated rings. The fourth-order valence-corrected chi connectivity index (χ4v) is 0.179. The van der Waals surface area contributed by atoms with Crippen molar-refractivity contribution in [3.63, 3.8) is 0 Å². The van der Waals surface area contributed by atoms with Gasteiger partial charge < -0.3 is 24.9 Å². The van der Waals surface area contributed by atoms with Crippen LogP contribution in [-0.2, 0) is 4.79 Å². The van der Waals surface area contributed by atoms with Crippen molar-refractivity contribution in [2.24, 2.45) is 0 Å². The number of carboxylic acids is 1. The molecule has 0 bridgehead atoms. The normalized spacial score (nSPS) is 11.5. The Labute approximate surface area is 70.4 Å². The van der Waals surface area contributed by atoms with Gasteiger partial charge >= 0.3 is 14.6 Å². The largest absolute Gasteiger partial charge is 0.478 e. The molecule has 0 amide bonds. The van der Waals surface area contributed by atoms with E-state index >= 15 is 0 Å². The fourth-order valence-electron chi connectivity index (χ4n) is 0.179.